The minimum atomic E-state index is -0.260. The first kappa shape index (κ1) is 26.1. The molecule has 0 aliphatic carbocycles. The van der Waals surface area contributed by atoms with Crippen LogP contribution in [-0.2, 0) is 13.0 Å². The highest BCUT2D eigenvalue weighted by molar-refractivity contribution is 6.30. The van der Waals surface area contributed by atoms with E-state index in [2.05, 4.69) is 17.0 Å². The molecule has 202 valence electrons. The fraction of sp³-hybridized carbons (Fsp3) is 0.212. The molecule has 0 spiro atoms. The number of fused-ring (bicyclic) bond motifs is 1. The molecular formula is C33H30ClN3O3. The van der Waals surface area contributed by atoms with Crippen molar-refractivity contribution in [2.45, 2.75) is 31.8 Å². The molecule has 1 saturated heterocycles. The predicted octanol–water partition coefficient (Wildman–Crippen LogP) is 6.97. The molecule has 0 unspecified atom stereocenters. The highest BCUT2D eigenvalue weighted by Crippen LogP contribution is 2.28. The smallest absolute Gasteiger partial charge is 0.336 e. The van der Waals surface area contributed by atoms with Crippen LogP contribution in [0.15, 0.2) is 108 Å². The van der Waals surface area contributed by atoms with Crippen molar-refractivity contribution in [1.29, 1.82) is 0 Å². The Bertz CT molecular complexity index is 1680. The first-order valence-electron chi connectivity index (χ1n) is 13.6. The molecule has 0 saturated carbocycles. The summed E-state index contributed by atoms with van der Waals surface area (Å²) >= 11 is 6.00. The largest absolute Gasteiger partial charge is 0.457 e. The molecule has 1 fully saturated rings. The van der Waals surface area contributed by atoms with Crippen LogP contribution in [0.1, 0.15) is 34.8 Å². The maximum absolute atomic E-state index is 13.7. The Kier molecular flexibility index (Phi) is 7.53. The van der Waals surface area contributed by atoms with E-state index in [0.29, 0.717) is 10.5 Å². The van der Waals surface area contributed by atoms with E-state index in [-0.39, 0.29) is 24.1 Å². The van der Waals surface area contributed by atoms with Gasteiger partial charge < -0.3 is 4.74 Å². The average molecular weight is 552 g/mol. The number of para-hydroxylation sites is 3. The molecule has 0 bridgehead atoms. The summed E-state index contributed by atoms with van der Waals surface area (Å²) in [4.78, 5) is 29.4. The lowest BCUT2D eigenvalue weighted by Gasteiger charge is -2.32. The number of carbonyl (C=O) groups excluding carboxylic acids is 1. The molecule has 0 N–H and O–H groups in total. The fourth-order valence-electron chi connectivity index (χ4n) is 5.55. The third-order valence-electron chi connectivity index (χ3n) is 7.50. The molecule has 40 heavy (non-hydrogen) atoms. The van der Waals surface area contributed by atoms with Gasteiger partial charge in [-0.1, -0.05) is 66.2 Å². The van der Waals surface area contributed by atoms with Gasteiger partial charge >= 0.3 is 5.69 Å². The number of hydrogen-bond donors (Lipinski definition) is 0. The number of halogens is 1. The second-order valence-corrected chi connectivity index (χ2v) is 10.7. The lowest BCUT2D eigenvalue weighted by Crippen LogP contribution is -2.38. The second kappa shape index (κ2) is 11.5. The summed E-state index contributed by atoms with van der Waals surface area (Å²) in [6.45, 7) is 2.53. The Morgan fingerprint density at radius 1 is 0.775 bits per heavy atom. The number of nitrogens with zero attached hydrogens (tertiary/aromatic N) is 3. The van der Waals surface area contributed by atoms with Crippen molar-refractivity contribution < 1.29 is 9.53 Å². The van der Waals surface area contributed by atoms with Crippen LogP contribution in [0.3, 0.4) is 0 Å². The second-order valence-electron chi connectivity index (χ2n) is 10.2. The van der Waals surface area contributed by atoms with E-state index in [1.165, 1.54) is 10.1 Å². The summed E-state index contributed by atoms with van der Waals surface area (Å²) in [7, 11) is 0. The van der Waals surface area contributed by atoms with Crippen molar-refractivity contribution in [2.75, 3.05) is 13.1 Å². The quantitative estimate of drug-likeness (QED) is 0.219. The summed E-state index contributed by atoms with van der Waals surface area (Å²) in [5, 5.41) is 0.615. The Morgan fingerprint density at radius 3 is 2.20 bits per heavy atom. The molecule has 6 rings (SSSR count). The van der Waals surface area contributed by atoms with Gasteiger partial charge in [0.25, 0.3) is 0 Å². The molecule has 5 aromatic rings. The molecule has 1 aliphatic rings. The maximum Gasteiger partial charge on any atom is 0.336 e. The third-order valence-corrected chi connectivity index (χ3v) is 7.76. The van der Waals surface area contributed by atoms with Gasteiger partial charge in [-0.25, -0.2) is 9.36 Å². The molecule has 1 aliphatic heterocycles. The molecule has 0 amide bonds. The van der Waals surface area contributed by atoms with E-state index in [1.54, 1.807) is 12.1 Å². The van der Waals surface area contributed by atoms with E-state index in [0.717, 1.165) is 55.1 Å². The number of ether oxygens (including phenoxy) is 1. The van der Waals surface area contributed by atoms with Gasteiger partial charge in [0.05, 0.1) is 17.5 Å². The van der Waals surface area contributed by atoms with Crippen molar-refractivity contribution in [3.8, 4) is 11.5 Å². The summed E-state index contributed by atoms with van der Waals surface area (Å²) < 4.78 is 9.18. The van der Waals surface area contributed by atoms with Gasteiger partial charge in [0.1, 0.15) is 11.5 Å². The number of piperidine rings is 1. The Morgan fingerprint density at radius 2 is 1.45 bits per heavy atom. The third kappa shape index (κ3) is 5.60. The Balaban J connectivity index is 1.16. The number of carbonyl (C=O) groups is 1. The zero-order chi connectivity index (χ0) is 27.5. The number of rotatable bonds is 7. The van der Waals surface area contributed by atoms with Crippen LogP contribution in [0, 0.1) is 0 Å². The Labute approximate surface area is 238 Å². The molecule has 2 heterocycles. The van der Waals surface area contributed by atoms with Gasteiger partial charge in [0.2, 0.25) is 5.91 Å². The van der Waals surface area contributed by atoms with Gasteiger partial charge in [-0.15, -0.1) is 0 Å². The normalized spacial score (nSPS) is 14.4. The molecule has 0 atom stereocenters. The number of imidazole rings is 1. The van der Waals surface area contributed by atoms with Crippen molar-refractivity contribution in [3.05, 3.63) is 130 Å². The van der Waals surface area contributed by atoms with E-state index in [1.807, 2.05) is 83.4 Å². The minimum Gasteiger partial charge on any atom is -0.457 e. The summed E-state index contributed by atoms with van der Waals surface area (Å²) in [5.41, 5.74) is 3.22. The van der Waals surface area contributed by atoms with E-state index >= 15 is 0 Å². The SMILES string of the molecule is O=C(Cc1ccc(Cl)cc1)n1c(=O)n(C2CCN(Cc3cccc(Oc4ccccc4)c3)CC2)c2ccccc21. The number of benzene rings is 4. The van der Waals surface area contributed by atoms with Crippen molar-refractivity contribution >= 4 is 28.5 Å². The topological polar surface area (TPSA) is 56.5 Å². The highest BCUT2D eigenvalue weighted by Gasteiger charge is 2.27. The van der Waals surface area contributed by atoms with E-state index < -0.39 is 0 Å². The monoisotopic (exact) mass is 551 g/mol. The highest BCUT2D eigenvalue weighted by atomic mass is 35.5. The first-order valence-corrected chi connectivity index (χ1v) is 14.0. The Hall–Kier alpha value is -4.13. The van der Waals surface area contributed by atoms with E-state index in [4.69, 9.17) is 16.3 Å². The van der Waals surface area contributed by atoms with Gasteiger partial charge in [-0.05, 0) is 72.5 Å². The first-order chi connectivity index (χ1) is 19.5. The number of aromatic nitrogens is 2. The van der Waals surface area contributed by atoms with Gasteiger partial charge in [-0.2, -0.15) is 0 Å². The predicted molar refractivity (Wildman–Crippen MR) is 158 cm³/mol. The molecule has 7 heteroatoms. The molecule has 1 aromatic heterocycles. The van der Waals surface area contributed by atoms with Crippen molar-refractivity contribution in [2.24, 2.45) is 0 Å². The van der Waals surface area contributed by atoms with Crippen LogP contribution in [0.5, 0.6) is 11.5 Å². The average Bonchev–Trinajstić information content (AvgIpc) is 3.27. The zero-order valence-electron chi connectivity index (χ0n) is 22.1. The van der Waals surface area contributed by atoms with Gasteiger partial charge in [0, 0.05) is 30.7 Å². The molecular weight excluding hydrogens is 522 g/mol. The minimum absolute atomic E-state index is 0.0333. The molecule has 0 radical (unpaired) electrons. The summed E-state index contributed by atoms with van der Waals surface area (Å²) in [6, 6.07) is 32.8. The van der Waals surface area contributed by atoms with Crippen molar-refractivity contribution in [1.82, 2.24) is 14.0 Å². The molecule has 6 nitrogen and oxygen atoms in total. The van der Waals surface area contributed by atoms with Crippen molar-refractivity contribution in [3.63, 3.8) is 0 Å². The fourth-order valence-corrected chi connectivity index (χ4v) is 5.67. The van der Waals surface area contributed by atoms with E-state index in [9.17, 15) is 9.59 Å². The number of likely N-dealkylation sites (tertiary alicyclic amines) is 1. The standard InChI is InChI=1S/C33H30ClN3O3/c34-26-15-13-24(14-16-26)22-32(38)37-31-12-5-4-11-30(31)36(33(37)39)27-17-19-35(20-18-27)23-25-7-6-10-29(21-25)40-28-8-2-1-3-9-28/h1-16,21,27H,17-20,22-23H2. The van der Waals surface area contributed by atoms with Crippen LogP contribution in [0.25, 0.3) is 11.0 Å². The summed E-state index contributed by atoms with van der Waals surface area (Å²) in [5.74, 6) is 1.40. The van der Waals surface area contributed by atoms with Crippen LogP contribution < -0.4 is 10.4 Å². The maximum atomic E-state index is 13.7. The summed E-state index contributed by atoms with van der Waals surface area (Å²) in [6.07, 6.45) is 1.80. The number of hydrogen-bond acceptors (Lipinski definition) is 4. The van der Waals surface area contributed by atoms with Crippen LogP contribution >= 0.6 is 11.6 Å². The molecule has 4 aromatic carbocycles. The van der Waals surface area contributed by atoms with Gasteiger partial charge in [0.15, 0.2) is 0 Å². The van der Waals surface area contributed by atoms with Gasteiger partial charge in [-0.3, -0.25) is 14.3 Å². The zero-order valence-corrected chi connectivity index (χ0v) is 22.8. The van der Waals surface area contributed by atoms with Crippen LogP contribution in [0.2, 0.25) is 5.02 Å². The van der Waals surface area contributed by atoms with Crippen LogP contribution in [0.4, 0.5) is 0 Å². The van der Waals surface area contributed by atoms with Crippen LogP contribution in [-0.4, -0.2) is 33.0 Å². The lowest BCUT2D eigenvalue weighted by molar-refractivity contribution is 0.0912. The lowest BCUT2D eigenvalue weighted by atomic mass is 10.0.